The number of hydrogen-bond acceptors (Lipinski definition) is 4. The minimum absolute atomic E-state index is 0.135. The molecule has 0 aliphatic carbocycles. The maximum Gasteiger partial charge on any atom is 0.270 e. The topological polar surface area (TPSA) is 66.5 Å². The van der Waals surface area contributed by atoms with Crippen molar-refractivity contribution in [3.05, 3.63) is 53.1 Å². The zero-order valence-corrected chi connectivity index (χ0v) is 15.6. The lowest BCUT2D eigenvalue weighted by Crippen LogP contribution is -2.35. The molecule has 2 aromatic rings. The fourth-order valence-corrected chi connectivity index (χ4v) is 4.61. The summed E-state index contributed by atoms with van der Waals surface area (Å²) in [6.45, 7) is 7.15. The van der Waals surface area contributed by atoms with E-state index in [1.165, 1.54) is 6.92 Å². The predicted octanol–water partition coefficient (Wildman–Crippen LogP) is 3.40. The smallest absolute Gasteiger partial charge is 0.270 e. The van der Waals surface area contributed by atoms with E-state index in [9.17, 15) is 13.2 Å². The Morgan fingerprint density at radius 3 is 2.48 bits per heavy atom. The first-order valence-corrected chi connectivity index (χ1v) is 9.67. The third-order valence-corrected chi connectivity index (χ3v) is 6.35. The number of amides is 1. The number of hydrogen-bond donors (Lipinski definition) is 1. The number of nitrogens with one attached hydrogen (secondary N) is 1. The first kappa shape index (κ1) is 17.5. The van der Waals surface area contributed by atoms with Crippen LogP contribution >= 0.6 is 0 Å². The lowest BCUT2D eigenvalue weighted by atomic mass is 10.1. The van der Waals surface area contributed by atoms with Crippen molar-refractivity contribution in [3.8, 4) is 0 Å². The molecule has 0 saturated heterocycles. The molecule has 3 rings (SSSR count). The second kappa shape index (κ2) is 6.19. The molecule has 1 N–H and O–H groups in total. The van der Waals surface area contributed by atoms with E-state index in [-0.39, 0.29) is 10.9 Å². The number of anilines is 2. The van der Waals surface area contributed by atoms with Crippen molar-refractivity contribution in [2.75, 3.05) is 9.62 Å². The summed E-state index contributed by atoms with van der Waals surface area (Å²) in [7, 11) is -3.97. The van der Waals surface area contributed by atoms with Crippen LogP contribution in [0.2, 0.25) is 0 Å². The monoisotopic (exact) mass is 358 g/mol. The van der Waals surface area contributed by atoms with E-state index >= 15 is 0 Å². The summed E-state index contributed by atoms with van der Waals surface area (Å²) in [5.41, 5.74) is 4.25. The summed E-state index contributed by atoms with van der Waals surface area (Å²) in [6, 6.07) is 10.5. The SMILES string of the molecule is CC(=O)N(c1ccc(C)c(C)c1)S(=O)(=O)c1ccc2c(c1)CC(C)N2. The van der Waals surface area contributed by atoms with Crippen molar-refractivity contribution in [2.45, 2.75) is 45.1 Å². The quantitative estimate of drug-likeness (QED) is 0.913. The normalized spacial score (nSPS) is 16.2. The van der Waals surface area contributed by atoms with Gasteiger partial charge in [-0.15, -0.1) is 0 Å². The second-order valence-corrected chi connectivity index (χ2v) is 8.41. The molecule has 1 amide bonds. The molecule has 0 fully saturated rings. The Balaban J connectivity index is 2.08. The molecule has 2 aromatic carbocycles. The zero-order chi connectivity index (χ0) is 18.4. The van der Waals surface area contributed by atoms with Gasteiger partial charge >= 0.3 is 0 Å². The Kier molecular flexibility index (Phi) is 4.33. The summed E-state index contributed by atoms with van der Waals surface area (Å²) in [5.74, 6) is -0.532. The van der Waals surface area contributed by atoms with Crippen molar-refractivity contribution in [1.29, 1.82) is 0 Å². The van der Waals surface area contributed by atoms with Gasteiger partial charge in [-0.1, -0.05) is 6.07 Å². The molecule has 0 saturated carbocycles. The van der Waals surface area contributed by atoms with Crippen LogP contribution in [-0.2, 0) is 21.2 Å². The standard InChI is InChI=1S/C19H22N2O3S/c1-12-5-6-17(9-13(12)2)21(15(4)22)25(23,24)18-7-8-19-16(11-18)10-14(3)20-19/h5-9,11,14,20H,10H2,1-4H3. The highest BCUT2D eigenvalue weighted by Gasteiger charge is 2.30. The van der Waals surface area contributed by atoms with Crippen LogP contribution in [0.1, 0.15) is 30.5 Å². The fourth-order valence-electron chi connectivity index (χ4n) is 3.13. The molecule has 25 heavy (non-hydrogen) atoms. The molecule has 1 aliphatic heterocycles. The van der Waals surface area contributed by atoms with E-state index in [0.717, 1.165) is 33.1 Å². The highest BCUT2D eigenvalue weighted by atomic mass is 32.2. The molecule has 1 unspecified atom stereocenters. The number of nitrogens with zero attached hydrogens (tertiary/aromatic N) is 1. The summed E-state index contributed by atoms with van der Waals surface area (Å²) in [5, 5.41) is 3.30. The maximum absolute atomic E-state index is 13.1. The van der Waals surface area contributed by atoms with Crippen molar-refractivity contribution in [3.63, 3.8) is 0 Å². The molecule has 0 radical (unpaired) electrons. The zero-order valence-electron chi connectivity index (χ0n) is 14.8. The van der Waals surface area contributed by atoms with Gasteiger partial charge in [0.25, 0.3) is 10.0 Å². The number of aryl methyl sites for hydroxylation is 2. The molecule has 0 spiro atoms. The second-order valence-electron chi connectivity index (χ2n) is 6.63. The van der Waals surface area contributed by atoms with Gasteiger partial charge in [0.1, 0.15) is 0 Å². The fraction of sp³-hybridized carbons (Fsp3) is 0.316. The first-order chi connectivity index (χ1) is 11.7. The van der Waals surface area contributed by atoms with Crippen LogP contribution in [0.25, 0.3) is 0 Å². The molecule has 0 bridgehead atoms. The van der Waals surface area contributed by atoms with E-state index in [0.29, 0.717) is 5.69 Å². The molecular weight excluding hydrogens is 336 g/mol. The number of carbonyl (C=O) groups excluding carboxylic acids is 1. The van der Waals surface area contributed by atoms with Gasteiger partial charge in [0.2, 0.25) is 5.91 Å². The summed E-state index contributed by atoms with van der Waals surface area (Å²) >= 11 is 0. The van der Waals surface area contributed by atoms with Gasteiger partial charge in [-0.3, -0.25) is 4.79 Å². The van der Waals surface area contributed by atoms with Crippen LogP contribution in [0, 0.1) is 13.8 Å². The molecule has 1 heterocycles. The van der Waals surface area contributed by atoms with Gasteiger partial charge in [0.15, 0.2) is 0 Å². The van der Waals surface area contributed by atoms with Gasteiger partial charge in [-0.25, -0.2) is 12.7 Å². The summed E-state index contributed by atoms with van der Waals surface area (Å²) < 4.78 is 27.2. The Bertz CT molecular complexity index is 951. The van der Waals surface area contributed by atoms with Gasteiger partial charge in [-0.2, -0.15) is 0 Å². The largest absolute Gasteiger partial charge is 0.382 e. The predicted molar refractivity (Wildman–Crippen MR) is 99.5 cm³/mol. The van der Waals surface area contributed by atoms with Crippen molar-refractivity contribution in [2.24, 2.45) is 0 Å². The van der Waals surface area contributed by atoms with Gasteiger partial charge < -0.3 is 5.32 Å². The molecule has 132 valence electrons. The first-order valence-electron chi connectivity index (χ1n) is 8.23. The number of carbonyl (C=O) groups is 1. The Morgan fingerprint density at radius 2 is 1.84 bits per heavy atom. The number of fused-ring (bicyclic) bond motifs is 1. The molecule has 1 aliphatic rings. The average Bonchev–Trinajstić information content (AvgIpc) is 2.89. The summed E-state index contributed by atoms with van der Waals surface area (Å²) in [4.78, 5) is 12.3. The Labute approximate surface area is 148 Å². The van der Waals surface area contributed by atoms with Crippen LogP contribution in [0.5, 0.6) is 0 Å². The average molecular weight is 358 g/mol. The van der Waals surface area contributed by atoms with Crippen molar-refractivity contribution >= 4 is 27.3 Å². The molecule has 0 aromatic heterocycles. The Morgan fingerprint density at radius 1 is 1.12 bits per heavy atom. The van der Waals surface area contributed by atoms with Crippen LogP contribution in [-0.4, -0.2) is 20.4 Å². The third-order valence-electron chi connectivity index (χ3n) is 4.55. The van der Waals surface area contributed by atoms with Crippen molar-refractivity contribution in [1.82, 2.24) is 0 Å². The lowest BCUT2D eigenvalue weighted by molar-refractivity contribution is -0.115. The highest BCUT2D eigenvalue weighted by molar-refractivity contribution is 7.93. The van der Waals surface area contributed by atoms with Gasteiger partial charge in [-0.05, 0) is 74.2 Å². The summed E-state index contributed by atoms with van der Waals surface area (Å²) in [6.07, 6.45) is 0.766. The van der Waals surface area contributed by atoms with E-state index in [1.807, 2.05) is 26.8 Å². The molecule has 6 heteroatoms. The van der Waals surface area contributed by atoms with E-state index in [2.05, 4.69) is 5.32 Å². The number of benzene rings is 2. The third kappa shape index (κ3) is 3.14. The lowest BCUT2D eigenvalue weighted by Gasteiger charge is -2.22. The van der Waals surface area contributed by atoms with E-state index in [1.54, 1.807) is 30.3 Å². The minimum Gasteiger partial charge on any atom is -0.382 e. The van der Waals surface area contributed by atoms with E-state index in [4.69, 9.17) is 0 Å². The van der Waals surface area contributed by atoms with Gasteiger partial charge in [0.05, 0.1) is 10.6 Å². The van der Waals surface area contributed by atoms with Crippen LogP contribution < -0.4 is 9.62 Å². The van der Waals surface area contributed by atoms with E-state index < -0.39 is 15.9 Å². The maximum atomic E-state index is 13.1. The highest BCUT2D eigenvalue weighted by Crippen LogP contribution is 2.31. The van der Waals surface area contributed by atoms with Crippen molar-refractivity contribution < 1.29 is 13.2 Å². The van der Waals surface area contributed by atoms with Crippen LogP contribution in [0.4, 0.5) is 11.4 Å². The van der Waals surface area contributed by atoms with Gasteiger partial charge in [0, 0.05) is 18.7 Å². The molecule has 1 atom stereocenters. The number of sulfonamides is 1. The Hall–Kier alpha value is -2.34. The van der Waals surface area contributed by atoms with Crippen LogP contribution in [0.3, 0.4) is 0 Å². The van der Waals surface area contributed by atoms with Crippen LogP contribution in [0.15, 0.2) is 41.3 Å². The molecule has 5 nitrogen and oxygen atoms in total. The minimum atomic E-state index is -3.97. The number of rotatable bonds is 3. The molecular formula is C19H22N2O3S.